The predicted octanol–water partition coefficient (Wildman–Crippen LogP) is 2.05. The van der Waals surface area contributed by atoms with Crippen molar-refractivity contribution in [3.63, 3.8) is 0 Å². The Morgan fingerprint density at radius 3 is 2.34 bits per heavy atom. The van der Waals surface area contributed by atoms with Gasteiger partial charge in [0.2, 0.25) is 11.8 Å². The molecule has 4 amide bonds. The molecule has 1 atom stereocenters. The number of carbonyl (C=O) groups is 5. The number of aliphatic carboxylic acids is 1. The molecule has 5 rings (SSSR count). The number of hydrogen-bond acceptors (Lipinski definition) is 7. The van der Waals surface area contributed by atoms with Gasteiger partial charge in [0.15, 0.2) is 0 Å². The molecule has 1 unspecified atom stereocenters. The zero-order valence-electron chi connectivity index (χ0n) is 22.0. The second-order valence-corrected chi connectivity index (χ2v) is 9.77. The third kappa shape index (κ3) is 6.82. The van der Waals surface area contributed by atoms with Crippen LogP contribution in [0.2, 0.25) is 0 Å². The molecule has 2 aromatic rings. The molecule has 4 N–H and O–H groups in total. The van der Waals surface area contributed by atoms with Crippen molar-refractivity contribution in [3.05, 3.63) is 58.7 Å². The van der Waals surface area contributed by atoms with Crippen molar-refractivity contribution in [1.82, 2.24) is 15.5 Å². The number of carboxylic acid groups (broad SMARTS) is 1. The third-order valence-electron chi connectivity index (χ3n) is 6.95. The highest BCUT2D eigenvalue weighted by Gasteiger charge is 2.39. The Kier molecular flexibility index (Phi) is 8.61. The van der Waals surface area contributed by atoms with Crippen LogP contribution in [0.3, 0.4) is 0 Å². The summed E-state index contributed by atoms with van der Waals surface area (Å²) in [6, 6.07) is 10.2. The van der Waals surface area contributed by atoms with Gasteiger partial charge in [-0.15, -0.1) is 0 Å². The number of hydrogen-bond donors (Lipinski definition) is 4. The van der Waals surface area contributed by atoms with Crippen molar-refractivity contribution in [2.24, 2.45) is 0 Å². The number of nitrogens with one attached hydrogen (secondary N) is 3. The van der Waals surface area contributed by atoms with Crippen LogP contribution >= 0.6 is 0 Å². The second-order valence-electron chi connectivity index (χ2n) is 9.77. The zero-order valence-corrected chi connectivity index (χ0v) is 22.0. The largest absolute Gasteiger partial charge is 0.490 e. The Morgan fingerprint density at radius 2 is 1.73 bits per heavy atom. The molecule has 0 aromatic heterocycles. The number of fused-ring (bicyclic) bond motifs is 1. The van der Waals surface area contributed by atoms with E-state index in [-0.39, 0.29) is 30.7 Å². The van der Waals surface area contributed by atoms with E-state index in [4.69, 9.17) is 9.90 Å². The van der Waals surface area contributed by atoms with Crippen molar-refractivity contribution in [2.75, 3.05) is 36.4 Å². The van der Waals surface area contributed by atoms with Crippen molar-refractivity contribution < 1.29 is 42.3 Å². The lowest BCUT2D eigenvalue weighted by molar-refractivity contribution is -0.192. The molecule has 2 aromatic carbocycles. The van der Waals surface area contributed by atoms with E-state index in [9.17, 15) is 32.3 Å². The van der Waals surface area contributed by atoms with E-state index in [1.54, 1.807) is 18.2 Å². The van der Waals surface area contributed by atoms with Crippen LogP contribution in [-0.4, -0.2) is 78.0 Å². The van der Waals surface area contributed by atoms with E-state index < -0.39 is 24.1 Å². The number of aryl methyl sites for hydroxylation is 1. The SMILES string of the molecule is Cc1cc(NC(=O)c2ccc3c(c2)C(=O)N(C2CCC(=O)NC2=O)C3)ccc1N1CCNCC1.O=C(O)C(F)(F)F. The van der Waals surface area contributed by atoms with Gasteiger partial charge in [0.1, 0.15) is 6.04 Å². The van der Waals surface area contributed by atoms with E-state index in [1.165, 1.54) is 4.90 Å². The minimum atomic E-state index is -5.08. The van der Waals surface area contributed by atoms with Gasteiger partial charge >= 0.3 is 12.1 Å². The zero-order chi connectivity index (χ0) is 29.9. The topological polar surface area (TPSA) is 148 Å². The number of benzene rings is 2. The summed E-state index contributed by atoms with van der Waals surface area (Å²) >= 11 is 0. The van der Waals surface area contributed by atoms with Crippen LogP contribution in [-0.2, 0) is 20.9 Å². The minimum absolute atomic E-state index is 0.205. The Morgan fingerprint density at radius 1 is 1.05 bits per heavy atom. The summed E-state index contributed by atoms with van der Waals surface area (Å²) < 4.78 is 31.7. The molecule has 0 bridgehead atoms. The molecule has 218 valence electrons. The summed E-state index contributed by atoms with van der Waals surface area (Å²) in [4.78, 5) is 62.3. The van der Waals surface area contributed by atoms with E-state index in [2.05, 4.69) is 20.9 Å². The van der Waals surface area contributed by atoms with Gasteiger partial charge in [0, 0.05) is 61.6 Å². The van der Waals surface area contributed by atoms with Gasteiger partial charge < -0.3 is 25.5 Å². The number of rotatable bonds is 4. The fourth-order valence-electron chi connectivity index (χ4n) is 4.89. The summed E-state index contributed by atoms with van der Waals surface area (Å²) in [6.07, 6.45) is -4.57. The molecule has 14 heteroatoms. The van der Waals surface area contributed by atoms with Crippen LogP contribution in [0.5, 0.6) is 0 Å². The fourth-order valence-corrected chi connectivity index (χ4v) is 4.89. The van der Waals surface area contributed by atoms with Crippen molar-refractivity contribution in [1.29, 1.82) is 0 Å². The maximum Gasteiger partial charge on any atom is 0.490 e. The maximum absolute atomic E-state index is 13.0. The van der Waals surface area contributed by atoms with Gasteiger partial charge in [-0.05, 0) is 54.8 Å². The molecule has 2 saturated heterocycles. The number of carbonyl (C=O) groups excluding carboxylic acids is 4. The molecule has 11 nitrogen and oxygen atoms in total. The van der Waals surface area contributed by atoms with Crippen LogP contribution in [0, 0.1) is 6.92 Å². The molecule has 2 fully saturated rings. The first-order valence-electron chi connectivity index (χ1n) is 12.8. The van der Waals surface area contributed by atoms with Gasteiger partial charge in [-0.25, -0.2) is 4.79 Å². The Balaban J connectivity index is 0.000000493. The highest BCUT2D eigenvalue weighted by Crippen LogP contribution is 2.29. The molecular weight excluding hydrogens is 547 g/mol. The Hall–Kier alpha value is -4.46. The standard InChI is InChI=1S/C25H27N5O4.C2HF3O2/c1-15-12-18(4-5-20(15)29-10-8-26-9-11-29)27-23(32)16-2-3-17-14-30(25(34)19(17)13-16)21-6-7-22(31)28-24(21)33;3-2(4,5)1(6)7/h2-5,12-13,21,26H,6-11,14H2,1H3,(H,27,32)(H,28,31,33);(H,6,7). The first-order valence-corrected chi connectivity index (χ1v) is 12.8. The number of alkyl halides is 3. The lowest BCUT2D eigenvalue weighted by Crippen LogP contribution is -2.52. The first kappa shape index (κ1) is 29.5. The Bertz CT molecular complexity index is 1390. The highest BCUT2D eigenvalue weighted by molar-refractivity contribution is 6.09. The smallest absolute Gasteiger partial charge is 0.475 e. The number of amides is 4. The number of piperidine rings is 1. The van der Waals surface area contributed by atoms with Crippen LogP contribution in [0.1, 0.15) is 44.7 Å². The number of nitrogens with zero attached hydrogens (tertiary/aromatic N) is 2. The lowest BCUT2D eigenvalue weighted by Gasteiger charge is -2.30. The molecule has 3 heterocycles. The quantitative estimate of drug-likeness (QED) is 0.405. The average molecular weight is 576 g/mol. The molecular formula is C27H28F3N5O6. The summed E-state index contributed by atoms with van der Waals surface area (Å²) in [7, 11) is 0. The maximum atomic E-state index is 13.0. The molecule has 3 aliphatic rings. The number of halogens is 3. The highest BCUT2D eigenvalue weighted by atomic mass is 19.4. The lowest BCUT2D eigenvalue weighted by atomic mass is 10.0. The fraction of sp³-hybridized carbons (Fsp3) is 0.370. The molecule has 3 aliphatic heterocycles. The third-order valence-corrected chi connectivity index (χ3v) is 6.95. The van der Waals surface area contributed by atoms with Crippen LogP contribution in [0.15, 0.2) is 36.4 Å². The van der Waals surface area contributed by atoms with Gasteiger partial charge in [-0.1, -0.05) is 6.07 Å². The molecule has 0 radical (unpaired) electrons. The van der Waals surface area contributed by atoms with E-state index >= 15 is 0 Å². The van der Waals surface area contributed by atoms with E-state index in [0.717, 1.165) is 43.0 Å². The summed E-state index contributed by atoms with van der Waals surface area (Å²) in [5.41, 5.74) is 4.50. The van der Waals surface area contributed by atoms with Gasteiger partial charge in [-0.3, -0.25) is 24.5 Å². The summed E-state index contributed by atoms with van der Waals surface area (Å²) in [5, 5.41) is 15.7. The molecule has 0 spiro atoms. The minimum Gasteiger partial charge on any atom is -0.475 e. The summed E-state index contributed by atoms with van der Waals surface area (Å²) in [6.45, 7) is 6.13. The van der Waals surface area contributed by atoms with Crippen molar-refractivity contribution >= 4 is 41.0 Å². The Labute approximate surface area is 232 Å². The van der Waals surface area contributed by atoms with Gasteiger partial charge in [0.25, 0.3) is 11.8 Å². The van der Waals surface area contributed by atoms with Gasteiger partial charge in [-0.2, -0.15) is 13.2 Å². The van der Waals surface area contributed by atoms with E-state index in [0.29, 0.717) is 23.2 Å². The number of piperazine rings is 1. The van der Waals surface area contributed by atoms with Crippen LogP contribution < -0.4 is 20.9 Å². The average Bonchev–Trinajstić information content (AvgIpc) is 3.24. The predicted molar refractivity (Wildman–Crippen MR) is 140 cm³/mol. The van der Waals surface area contributed by atoms with Crippen LogP contribution in [0.4, 0.5) is 24.5 Å². The molecule has 0 saturated carbocycles. The molecule has 41 heavy (non-hydrogen) atoms. The molecule has 0 aliphatic carbocycles. The van der Waals surface area contributed by atoms with E-state index in [1.807, 2.05) is 25.1 Å². The van der Waals surface area contributed by atoms with Gasteiger partial charge in [0.05, 0.1) is 0 Å². The number of anilines is 2. The van der Waals surface area contributed by atoms with Crippen molar-refractivity contribution in [3.8, 4) is 0 Å². The normalized spacial score (nSPS) is 18.7. The second kappa shape index (κ2) is 12.0. The number of carboxylic acids is 1. The number of imide groups is 1. The van der Waals surface area contributed by atoms with Crippen LogP contribution in [0.25, 0.3) is 0 Å². The first-order chi connectivity index (χ1) is 19.3. The monoisotopic (exact) mass is 575 g/mol. The van der Waals surface area contributed by atoms with Crippen molar-refractivity contribution in [2.45, 2.75) is 38.5 Å². The summed E-state index contributed by atoms with van der Waals surface area (Å²) in [5.74, 6) is -4.12.